The summed E-state index contributed by atoms with van der Waals surface area (Å²) in [4.78, 5) is 12.7. The lowest BCUT2D eigenvalue weighted by molar-refractivity contribution is 0.0972. The molecule has 0 bridgehead atoms. The van der Waals surface area contributed by atoms with E-state index < -0.39 is 0 Å². The van der Waals surface area contributed by atoms with Crippen LogP contribution in [-0.2, 0) is 0 Å². The van der Waals surface area contributed by atoms with E-state index in [1.54, 1.807) is 12.1 Å². The molecular weight excluding hydrogens is 440 g/mol. The lowest BCUT2D eigenvalue weighted by Crippen LogP contribution is -2.34. The van der Waals surface area contributed by atoms with Crippen molar-refractivity contribution in [2.24, 2.45) is 0 Å². The second-order valence-electron chi connectivity index (χ2n) is 6.46. The molecule has 0 radical (unpaired) electrons. The number of hydrogen-bond donors (Lipinski definition) is 2. The van der Waals surface area contributed by atoms with Crippen LogP contribution >= 0.6 is 28.1 Å². The molecule has 0 aliphatic heterocycles. The van der Waals surface area contributed by atoms with Crippen LogP contribution in [0, 0.1) is 0 Å². The largest absolute Gasteiger partial charge is 0.490 e. The van der Waals surface area contributed by atoms with Gasteiger partial charge in [0.1, 0.15) is 18.1 Å². The molecule has 0 aliphatic carbocycles. The molecule has 0 saturated heterocycles. The first-order valence-corrected chi connectivity index (χ1v) is 9.91. The van der Waals surface area contributed by atoms with Gasteiger partial charge >= 0.3 is 0 Å². The molecule has 2 aromatic rings. The number of hydrogen-bond acceptors (Lipinski definition) is 4. The minimum absolute atomic E-state index is 0.0601. The molecule has 2 rings (SSSR count). The number of nitrogens with one attached hydrogen (secondary N) is 2. The van der Waals surface area contributed by atoms with Crippen molar-refractivity contribution >= 4 is 44.9 Å². The van der Waals surface area contributed by atoms with Gasteiger partial charge in [-0.1, -0.05) is 34.6 Å². The van der Waals surface area contributed by atoms with Gasteiger partial charge in [0.05, 0.1) is 17.4 Å². The van der Waals surface area contributed by atoms with Crippen molar-refractivity contribution < 1.29 is 14.3 Å². The number of amides is 1. The van der Waals surface area contributed by atoms with Crippen LogP contribution in [0.15, 0.2) is 59.1 Å². The number of halogens is 1. The first-order chi connectivity index (χ1) is 13.3. The number of benzene rings is 2. The van der Waals surface area contributed by atoms with Crippen LogP contribution in [0.3, 0.4) is 0 Å². The number of anilines is 1. The Bertz CT molecular complexity index is 884. The second kappa shape index (κ2) is 10.2. The molecule has 0 aliphatic rings. The highest BCUT2D eigenvalue weighted by Gasteiger charge is 2.16. The van der Waals surface area contributed by atoms with Crippen LogP contribution in [0.2, 0.25) is 0 Å². The zero-order valence-corrected chi connectivity index (χ0v) is 18.4. The van der Waals surface area contributed by atoms with E-state index in [1.165, 1.54) is 0 Å². The SMILES string of the molecule is C=C(C)COc1ccccc1NC(=S)NC(=O)c1cc(Br)ccc1OC(C)C. The molecule has 1 amide bonds. The number of thiocarbonyl (C=S) groups is 1. The fraction of sp³-hybridized carbons (Fsp3) is 0.238. The first-order valence-electron chi connectivity index (χ1n) is 8.71. The first kappa shape index (κ1) is 21.9. The highest BCUT2D eigenvalue weighted by molar-refractivity contribution is 9.10. The maximum absolute atomic E-state index is 12.7. The van der Waals surface area contributed by atoms with Gasteiger partial charge in [-0.25, -0.2) is 0 Å². The van der Waals surface area contributed by atoms with Crippen molar-refractivity contribution in [2.45, 2.75) is 26.9 Å². The molecule has 0 aromatic heterocycles. The van der Waals surface area contributed by atoms with Crippen LogP contribution in [0.4, 0.5) is 5.69 Å². The summed E-state index contributed by atoms with van der Waals surface area (Å²) in [5.74, 6) is 0.742. The number of ether oxygens (including phenoxy) is 2. The maximum Gasteiger partial charge on any atom is 0.261 e. The molecule has 0 spiro atoms. The van der Waals surface area contributed by atoms with Gasteiger partial charge in [0.2, 0.25) is 0 Å². The Kier molecular flexibility index (Phi) is 8.02. The maximum atomic E-state index is 12.7. The standard InChI is InChI=1S/C21H23BrN2O3S/c1-13(2)12-26-19-8-6-5-7-17(19)23-21(28)24-20(25)16-11-15(22)9-10-18(16)27-14(3)4/h5-11,14H,1,12H2,2-4H3,(H2,23,24,25,28). The normalized spacial score (nSPS) is 10.3. The van der Waals surface area contributed by atoms with Crippen LogP contribution in [0.1, 0.15) is 31.1 Å². The molecule has 7 heteroatoms. The topological polar surface area (TPSA) is 59.6 Å². The summed E-state index contributed by atoms with van der Waals surface area (Å²) < 4.78 is 12.2. The molecule has 2 aromatic carbocycles. The smallest absolute Gasteiger partial charge is 0.261 e. The highest BCUT2D eigenvalue weighted by Crippen LogP contribution is 2.26. The van der Waals surface area contributed by atoms with Crippen LogP contribution in [0.5, 0.6) is 11.5 Å². The molecule has 2 N–H and O–H groups in total. The fourth-order valence-electron chi connectivity index (χ4n) is 2.26. The Labute approximate surface area is 179 Å². The highest BCUT2D eigenvalue weighted by atomic mass is 79.9. The van der Waals surface area contributed by atoms with Crippen molar-refractivity contribution in [1.29, 1.82) is 0 Å². The second-order valence-corrected chi connectivity index (χ2v) is 7.78. The average Bonchev–Trinajstić information content (AvgIpc) is 2.61. The number of para-hydroxylation sites is 2. The molecule has 0 heterocycles. The summed E-state index contributed by atoms with van der Waals surface area (Å²) in [6.45, 7) is 9.91. The molecule has 0 atom stereocenters. The van der Waals surface area contributed by atoms with E-state index >= 15 is 0 Å². The summed E-state index contributed by atoms with van der Waals surface area (Å²) in [5, 5.41) is 5.85. The monoisotopic (exact) mass is 462 g/mol. The lowest BCUT2D eigenvalue weighted by Gasteiger charge is -2.16. The fourth-order valence-corrected chi connectivity index (χ4v) is 2.82. The third-order valence-corrected chi connectivity index (χ3v) is 4.08. The summed E-state index contributed by atoms with van der Waals surface area (Å²) in [6.07, 6.45) is -0.0601. The average molecular weight is 463 g/mol. The Morgan fingerprint density at radius 3 is 2.61 bits per heavy atom. The molecule has 28 heavy (non-hydrogen) atoms. The molecule has 148 valence electrons. The zero-order valence-electron chi connectivity index (χ0n) is 16.0. The van der Waals surface area contributed by atoms with Crippen molar-refractivity contribution in [3.05, 3.63) is 64.7 Å². The van der Waals surface area contributed by atoms with E-state index in [0.717, 1.165) is 10.0 Å². The lowest BCUT2D eigenvalue weighted by atomic mass is 10.2. The summed E-state index contributed by atoms with van der Waals surface area (Å²) >= 11 is 8.68. The number of carbonyl (C=O) groups is 1. The molecule has 0 fully saturated rings. The van der Waals surface area contributed by atoms with Crippen LogP contribution in [0.25, 0.3) is 0 Å². The number of rotatable bonds is 7. The Morgan fingerprint density at radius 2 is 1.93 bits per heavy atom. The van der Waals surface area contributed by atoms with Gasteiger partial charge in [0.25, 0.3) is 5.91 Å². The van der Waals surface area contributed by atoms with Gasteiger partial charge in [0.15, 0.2) is 5.11 Å². The molecule has 0 saturated carbocycles. The van der Waals surface area contributed by atoms with Crippen molar-refractivity contribution in [2.75, 3.05) is 11.9 Å². The van der Waals surface area contributed by atoms with Gasteiger partial charge in [-0.3, -0.25) is 10.1 Å². The quantitative estimate of drug-likeness (QED) is 0.430. The number of carbonyl (C=O) groups excluding carboxylic acids is 1. The zero-order chi connectivity index (χ0) is 20.7. The Hall–Kier alpha value is -2.38. The summed E-state index contributed by atoms with van der Waals surface area (Å²) in [7, 11) is 0. The minimum atomic E-state index is -0.366. The van der Waals surface area contributed by atoms with Crippen molar-refractivity contribution in [3.8, 4) is 11.5 Å². The van der Waals surface area contributed by atoms with E-state index in [1.807, 2.05) is 51.1 Å². The van der Waals surface area contributed by atoms with Crippen molar-refractivity contribution in [1.82, 2.24) is 5.32 Å². The Morgan fingerprint density at radius 1 is 1.21 bits per heavy atom. The van der Waals surface area contributed by atoms with Gasteiger partial charge in [0, 0.05) is 4.47 Å². The summed E-state index contributed by atoms with van der Waals surface area (Å²) in [5.41, 5.74) is 1.94. The van der Waals surface area contributed by atoms with Crippen molar-refractivity contribution in [3.63, 3.8) is 0 Å². The van der Waals surface area contributed by atoms with Gasteiger partial charge in [-0.15, -0.1) is 0 Å². The van der Waals surface area contributed by atoms with E-state index in [2.05, 4.69) is 33.1 Å². The third kappa shape index (κ3) is 6.65. The van der Waals surface area contributed by atoms with Crippen LogP contribution in [-0.4, -0.2) is 23.7 Å². The molecule has 0 unspecified atom stereocenters. The predicted molar refractivity (Wildman–Crippen MR) is 120 cm³/mol. The van der Waals surface area contributed by atoms with E-state index in [0.29, 0.717) is 29.4 Å². The Balaban J connectivity index is 2.11. The molecule has 5 nitrogen and oxygen atoms in total. The van der Waals surface area contributed by atoms with E-state index in [9.17, 15) is 4.79 Å². The van der Waals surface area contributed by atoms with E-state index in [4.69, 9.17) is 21.7 Å². The van der Waals surface area contributed by atoms with E-state index in [-0.39, 0.29) is 17.1 Å². The van der Waals surface area contributed by atoms with Gasteiger partial charge in [-0.05, 0) is 68.9 Å². The third-order valence-electron chi connectivity index (χ3n) is 3.39. The van der Waals surface area contributed by atoms with Crippen LogP contribution < -0.4 is 20.1 Å². The minimum Gasteiger partial charge on any atom is -0.490 e. The van der Waals surface area contributed by atoms with Gasteiger partial charge < -0.3 is 14.8 Å². The van der Waals surface area contributed by atoms with Gasteiger partial charge in [-0.2, -0.15) is 0 Å². The predicted octanol–water partition coefficient (Wildman–Crippen LogP) is 5.32. The molecular formula is C21H23BrN2O3S. The summed E-state index contributed by atoms with van der Waals surface area (Å²) in [6, 6.07) is 12.6.